The van der Waals surface area contributed by atoms with Gasteiger partial charge in [-0.25, -0.2) is 8.78 Å². The van der Waals surface area contributed by atoms with E-state index >= 15 is 0 Å². The van der Waals surface area contributed by atoms with Crippen molar-refractivity contribution in [1.82, 2.24) is 5.32 Å². The third-order valence-electron chi connectivity index (χ3n) is 3.35. The Kier molecular flexibility index (Phi) is 6.24. The molecular formula is C17H15F2IN2O2. The maximum absolute atomic E-state index is 13.2. The summed E-state index contributed by atoms with van der Waals surface area (Å²) >= 11 is 2.13. The second-order valence-electron chi connectivity index (χ2n) is 5.27. The Bertz CT molecular complexity index is 748. The number of carbonyl (C=O) groups is 2. The Morgan fingerprint density at radius 1 is 1.12 bits per heavy atom. The van der Waals surface area contributed by atoms with E-state index in [1.54, 1.807) is 0 Å². The van der Waals surface area contributed by atoms with E-state index in [1.165, 1.54) is 0 Å². The third-order valence-corrected chi connectivity index (χ3v) is 4.40. The standard InChI is InChI=1S/C17H15F2IN2O2/c18-12-5-10(6-13(19)9-12)7-16(23)22-15(17(21)24)8-11-3-1-2-4-14(11)20/h1-6,9,15H,7-8H2,(H2,21,24)(H,22,23)/t15-/m1/s1. The Balaban J connectivity index is 2.06. The van der Waals surface area contributed by atoms with Gasteiger partial charge in [-0.1, -0.05) is 18.2 Å². The summed E-state index contributed by atoms with van der Waals surface area (Å²) in [4.78, 5) is 23.7. The second kappa shape index (κ2) is 8.18. The van der Waals surface area contributed by atoms with Crippen LogP contribution in [-0.2, 0) is 22.4 Å². The molecule has 24 heavy (non-hydrogen) atoms. The predicted molar refractivity (Wildman–Crippen MR) is 94.1 cm³/mol. The van der Waals surface area contributed by atoms with Gasteiger partial charge in [0.25, 0.3) is 0 Å². The quantitative estimate of drug-likeness (QED) is 0.672. The Morgan fingerprint density at radius 3 is 2.33 bits per heavy atom. The van der Waals surface area contributed by atoms with Gasteiger partial charge in [0.05, 0.1) is 6.42 Å². The molecule has 7 heteroatoms. The number of nitrogens with two attached hydrogens (primary N) is 1. The van der Waals surface area contributed by atoms with Crippen LogP contribution in [0.5, 0.6) is 0 Å². The number of hydrogen-bond acceptors (Lipinski definition) is 2. The van der Waals surface area contributed by atoms with Crippen LogP contribution < -0.4 is 11.1 Å². The van der Waals surface area contributed by atoms with E-state index in [2.05, 4.69) is 27.9 Å². The number of halogens is 3. The molecule has 0 unspecified atom stereocenters. The van der Waals surface area contributed by atoms with Gasteiger partial charge >= 0.3 is 0 Å². The minimum atomic E-state index is -0.896. The molecule has 4 nitrogen and oxygen atoms in total. The highest BCUT2D eigenvalue weighted by Crippen LogP contribution is 2.14. The van der Waals surface area contributed by atoms with Gasteiger partial charge in [-0.15, -0.1) is 0 Å². The first-order valence-electron chi connectivity index (χ1n) is 7.12. The fourth-order valence-electron chi connectivity index (χ4n) is 2.25. The fourth-order valence-corrected chi connectivity index (χ4v) is 2.86. The lowest BCUT2D eigenvalue weighted by molar-refractivity contribution is -0.127. The molecule has 0 heterocycles. The summed E-state index contributed by atoms with van der Waals surface area (Å²) in [6.07, 6.45) is 0.00202. The van der Waals surface area contributed by atoms with E-state index in [1.807, 2.05) is 24.3 Å². The van der Waals surface area contributed by atoms with Crippen molar-refractivity contribution in [3.05, 3.63) is 68.8 Å². The molecule has 0 aliphatic heterocycles. The average Bonchev–Trinajstić information content (AvgIpc) is 2.47. The van der Waals surface area contributed by atoms with Crippen LogP contribution in [0.3, 0.4) is 0 Å². The summed E-state index contributed by atoms with van der Waals surface area (Å²) in [5.74, 6) is -2.73. The van der Waals surface area contributed by atoms with Crippen molar-refractivity contribution in [2.75, 3.05) is 0 Å². The van der Waals surface area contributed by atoms with Crippen molar-refractivity contribution in [2.24, 2.45) is 5.73 Å². The topological polar surface area (TPSA) is 72.2 Å². The largest absolute Gasteiger partial charge is 0.368 e. The van der Waals surface area contributed by atoms with Crippen LogP contribution in [-0.4, -0.2) is 17.9 Å². The molecule has 0 aliphatic carbocycles. The van der Waals surface area contributed by atoms with Crippen LogP contribution in [0, 0.1) is 15.2 Å². The average molecular weight is 444 g/mol. The van der Waals surface area contributed by atoms with Crippen LogP contribution in [0.1, 0.15) is 11.1 Å². The van der Waals surface area contributed by atoms with E-state index in [4.69, 9.17) is 5.73 Å². The smallest absolute Gasteiger partial charge is 0.240 e. The summed E-state index contributed by atoms with van der Waals surface area (Å²) in [6, 6.07) is 9.38. The Morgan fingerprint density at radius 2 is 1.75 bits per heavy atom. The van der Waals surface area contributed by atoms with Gasteiger partial charge in [0.2, 0.25) is 11.8 Å². The molecule has 2 aromatic rings. The molecule has 0 spiro atoms. The molecule has 0 fully saturated rings. The number of nitrogens with one attached hydrogen (secondary N) is 1. The molecule has 0 radical (unpaired) electrons. The second-order valence-corrected chi connectivity index (χ2v) is 6.43. The minimum absolute atomic E-state index is 0.183. The Hall–Kier alpha value is -2.03. The molecule has 1 atom stereocenters. The lowest BCUT2D eigenvalue weighted by Crippen LogP contribution is -2.46. The number of hydrogen-bond donors (Lipinski definition) is 2. The minimum Gasteiger partial charge on any atom is -0.368 e. The molecule has 2 amide bonds. The summed E-state index contributed by atoms with van der Waals surface area (Å²) in [5.41, 5.74) is 6.41. The van der Waals surface area contributed by atoms with Gasteiger partial charge in [-0.2, -0.15) is 0 Å². The van der Waals surface area contributed by atoms with Crippen molar-refractivity contribution >= 4 is 34.4 Å². The normalized spacial score (nSPS) is 11.8. The van der Waals surface area contributed by atoms with Gasteiger partial charge in [-0.3, -0.25) is 9.59 Å². The van der Waals surface area contributed by atoms with Crippen molar-refractivity contribution in [3.63, 3.8) is 0 Å². The van der Waals surface area contributed by atoms with Crippen molar-refractivity contribution in [2.45, 2.75) is 18.9 Å². The fraction of sp³-hybridized carbons (Fsp3) is 0.176. The summed E-state index contributed by atoms with van der Waals surface area (Å²) in [5, 5.41) is 2.52. The highest BCUT2D eigenvalue weighted by atomic mass is 127. The highest BCUT2D eigenvalue weighted by molar-refractivity contribution is 14.1. The van der Waals surface area contributed by atoms with Gasteiger partial charge in [0.1, 0.15) is 17.7 Å². The number of carbonyl (C=O) groups excluding carboxylic acids is 2. The van der Waals surface area contributed by atoms with Gasteiger partial charge in [-0.05, 0) is 51.9 Å². The van der Waals surface area contributed by atoms with Crippen molar-refractivity contribution in [3.8, 4) is 0 Å². The molecule has 0 bridgehead atoms. The zero-order valence-electron chi connectivity index (χ0n) is 12.6. The number of primary amides is 1. The summed E-state index contributed by atoms with van der Waals surface area (Å²) < 4.78 is 27.3. The number of benzene rings is 2. The van der Waals surface area contributed by atoms with E-state index < -0.39 is 29.5 Å². The monoisotopic (exact) mass is 444 g/mol. The lowest BCUT2D eigenvalue weighted by Gasteiger charge is -2.16. The molecule has 0 saturated carbocycles. The maximum atomic E-state index is 13.2. The zero-order valence-corrected chi connectivity index (χ0v) is 14.7. The number of rotatable bonds is 6. The van der Waals surface area contributed by atoms with E-state index in [0.717, 1.165) is 27.3 Å². The van der Waals surface area contributed by atoms with Gasteiger partial charge < -0.3 is 11.1 Å². The van der Waals surface area contributed by atoms with Crippen LogP contribution in [0.25, 0.3) is 0 Å². The first-order valence-corrected chi connectivity index (χ1v) is 8.20. The molecule has 2 rings (SSSR count). The van der Waals surface area contributed by atoms with Crippen LogP contribution in [0.15, 0.2) is 42.5 Å². The van der Waals surface area contributed by atoms with Crippen LogP contribution in [0.2, 0.25) is 0 Å². The first kappa shape index (κ1) is 18.3. The lowest BCUT2D eigenvalue weighted by atomic mass is 10.0. The molecule has 0 saturated heterocycles. The molecule has 0 aliphatic rings. The molecule has 3 N–H and O–H groups in total. The summed E-state index contributed by atoms with van der Waals surface area (Å²) in [7, 11) is 0. The summed E-state index contributed by atoms with van der Waals surface area (Å²) in [6.45, 7) is 0. The van der Waals surface area contributed by atoms with Crippen LogP contribution in [0.4, 0.5) is 8.78 Å². The Labute approximate surface area is 151 Å². The van der Waals surface area contributed by atoms with E-state index in [9.17, 15) is 18.4 Å². The SMILES string of the molecule is NC(=O)[C@@H](Cc1ccccc1I)NC(=O)Cc1cc(F)cc(F)c1. The molecule has 2 aromatic carbocycles. The van der Waals surface area contributed by atoms with Crippen molar-refractivity contribution < 1.29 is 18.4 Å². The molecular weight excluding hydrogens is 429 g/mol. The van der Waals surface area contributed by atoms with E-state index in [0.29, 0.717) is 0 Å². The first-order chi connectivity index (χ1) is 11.3. The molecule has 0 aromatic heterocycles. The third kappa shape index (κ3) is 5.26. The van der Waals surface area contributed by atoms with Crippen LogP contribution >= 0.6 is 22.6 Å². The molecule has 126 valence electrons. The zero-order chi connectivity index (χ0) is 17.7. The predicted octanol–water partition coefficient (Wildman–Crippen LogP) is 2.32. The van der Waals surface area contributed by atoms with Gasteiger partial charge in [0, 0.05) is 16.1 Å². The number of amides is 2. The van der Waals surface area contributed by atoms with Crippen molar-refractivity contribution in [1.29, 1.82) is 0 Å². The van der Waals surface area contributed by atoms with Gasteiger partial charge in [0.15, 0.2) is 0 Å². The maximum Gasteiger partial charge on any atom is 0.240 e. The van der Waals surface area contributed by atoms with E-state index in [-0.39, 0.29) is 18.4 Å². The highest BCUT2D eigenvalue weighted by Gasteiger charge is 2.20.